The summed E-state index contributed by atoms with van der Waals surface area (Å²) in [5, 5.41) is 2.63. The maximum Gasteiger partial charge on any atom is 0.252 e. The van der Waals surface area contributed by atoms with Crippen LogP contribution in [0.1, 0.15) is 21.5 Å². The molecule has 1 aromatic heterocycles. The van der Waals surface area contributed by atoms with Gasteiger partial charge in [-0.15, -0.1) is 6.42 Å². The second-order valence-corrected chi connectivity index (χ2v) is 5.24. The van der Waals surface area contributed by atoms with E-state index in [4.69, 9.17) is 6.42 Å². The Bertz CT molecular complexity index is 794. The van der Waals surface area contributed by atoms with Gasteiger partial charge in [0.1, 0.15) is 0 Å². The van der Waals surface area contributed by atoms with Gasteiger partial charge in [-0.1, -0.05) is 12.0 Å². The third-order valence-electron chi connectivity index (χ3n) is 3.72. The van der Waals surface area contributed by atoms with Crippen molar-refractivity contribution in [2.24, 2.45) is 0 Å². The smallest absolute Gasteiger partial charge is 0.252 e. The van der Waals surface area contributed by atoms with Gasteiger partial charge in [-0.25, -0.2) is 0 Å². The van der Waals surface area contributed by atoms with Gasteiger partial charge in [0.05, 0.1) is 19.5 Å². The summed E-state index contributed by atoms with van der Waals surface area (Å²) in [4.78, 5) is 30.0. The Morgan fingerprint density at radius 3 is 2.83 bits per heavy atom. The van der Waals surface area contributed by atoms with Crippen molar-refractivity contribution in [2.45, 2.75) is 13.0 Å². The number of benzene rings is 1. The van der Waals surface area contributed by atoms with Gasteiger partial charge < -0.3 is 10.2 Å². The third-order valence-corrected chi connectivity index (χ3v) is 3.72. The number of aromatic nitrogens is 1. The number of nitrogens with one attached hydrogen (secondary N) is 1. The first-order valence-electron chi connectivity index (χ1n) is 7.23. The van der Waals surface area contributed by atoms with Gasteiger partial charge in [0, 0.05) is 23.6 Å². The van der Waals surface area contributed by atoms with Crippen molar-refractivity contribution in [3.8, 4) is 12.3 Å². The molecule has 2 heterocycles. The largest absolute Gasteiger partial charge is 0.341 e. The lowest BCUT2D eigenvalue weighted by Crippen LogP contribution is -2.27. The van der Waals surface area contributed by atoms with E-state index in [1.54, 1.807) is 29.4 Å². The summed E-state index contributed by atoms with van der Waals surface area (Å²) in [7, 11) is 0. The molecule has 0 radical (unpaired) electrons. The minimum absolute atomic E-state index is 0.0259. The average Bonchev–Trinajstić information content (AvgIpc) is 2.88. The fourth-order valence-electron chi connectivity index (χ4n) is 2.58. The van der Waals surface area contributed by atoms with Crippen LogP contribution >= 0.6 is 0 Å². The molecule has 23 heavy (non-hydrogen) atoms. The van der Waals surface area contributed by atoms with Gasteiger partial charge in [-0.3, -0.25) is 14.6 Å². The van der Waals surface area contributed by atoms with Crippen LogP contribution in [0.4, 0.5) is 5.69 Å². The highest BCUT2D eigenvalue weighted by atomic mass is 16.2. The molecule has 0 fully saturated rings. The minimum atomic E-state index is -0.242. The van der Waals surface area contributed by atoms with E-state index in [-0.39, 0.29) is 18.4 Å². The lowest BCUT2D eigenvalue weighted by Gasteiger charge is -2.18. The molecule has 0 saturated heterocycles. The van der Waals surface area contributed by atoms with Crippen LogP contribution in [0.25, 0.3) is 0 Å². The van der Waals surface area contributed by atoms with Gasteiger partial charge >= 0.3 is 0 Å². The van der Waals surface area contributed by atoms with Crippen LogP contribution < -0.4 is 10.2 Å². The number of terminal acetylenes is 1. The van der Waals surface area contributed by atoms with E-state index >= 15 is 0 Å². The molecule has 3 rings (SSSR count). The molecule has 5 nitrogen and oxygen atoms in total. The molecular weight excluding hydrogens is 290 g/mol. The second kappa shape index (κ2) is 6.32. The molecule has 1 N–H and O–H groups in total. The van der Waals surface area contributed by atoms with E-state index in [0.29, 0.717) is 18.5 Å². The van der Waals surface area contributed by atoms with Crippen LogP contribution in [0, 0.1) is 12.3 Å². The van der Waals surface area contributed by atoms with Crippen molar-refractivity contribution in [3.63, 3.8) is 0 Å². The van der Waals surface area contributed by atoms with E-state index in [9.17, 15) is 9.59 Å². The number of carbonyl (C=O) groups excluding carboxylic acids is 2. The van der Waals surface area contributed by atoms with Gasteiger partial charge in [0.25, 0.3) is 5.91 Å². The number of anilines is 1. The van der Waals surface area contributed by atoms with Crippen molar-refractivity contribution in [1.82, 2.24) is 10.3 Å². The average molecular weight is 305 g/mol. The molecule has 0 spiro atoms. The van der Waals surface area contributed by atoms with E-state index in [2.05, 4.69) is 16.2 Å². The molecule has 0 bridgehead atoms. The zero-order valence-corrected chi connectivity index (χ0v) is 12.5. The van der Waals surface area contributed by atoms with Crippen LogP contribution in [0.2, 0.25) is 0 Å². The SMILES string of the molecule is C#CCNC(=O)c1ccc2c(c1)N(Cc1ccncc1)C(=O)C2. The van der Waals surface area contributed by atoms with Crippen molar-refractivity contribution in [3.05, 3.63) is 59.4 Å². The number of hydrogen-bond donors (Lipinski definition) is 1. The number of nitrogens with zero attached hydrogens (tertiary/aromatic N) is 2. The molecule has 0 saturated carbocycles. The quantitative estimate of drug-likeness (QED) is 0.872. The lowest BCUT2D eigenvalue weighted by molar-refractivity contribution is -0.117. The standard InChI is InChI=1S/C18H15N3O2/c1-2-7-20-18(23)15-4-3-14-11-17(22)21(16(14)10-15)12-13-5-8-19-9-6-13/h1,3-6,8-10H,7,11-12H2,(H,20,23). The maximum absolute atomic E-state index is 12.3. The Hall–Kier alpha value is -3.13. The Labute approximate surface area is 134 Å². The molecule has 5 heteroatoms. The minimum Gasteiger partial charge on any atom is -0.341 e. The van der Waals surface area contributed by atoms with Crippen LogP contribution in [-0.2, 0) is 17.8 Å². The lowest BCUT2D eigenvalue weighted by atomic mass is 10.1. The van der Waals surface area contributed by atoms with Crippen molar-refractivity contribution in [1.29, 1.82) is 0 Å². The molecule has 0 atom stereocenters. The van der Waals surface area contributed by atoms with Crippen molar-refractivity contribution < 1.29 is 9.59 Å². The Morgan fingerprint density at radius 2 is 2.09 bits per heavy atom. The van der Waals surface area contributed by atoms with E-state index in [1.807, 2.05) is 18.2 Å². The van der Waals surface area contributed by atoms with Crippen LogP contribution in [0.15, 0.2) is 42.7 Å². The summed E-state index contributed by atoms with van der Waals surface area (Å²) >= 11 is 0. The summed E-state index contributed by atoms with van der Waals surface area (Å²) in [6, 6.07) is 9.02. The number of amides is 2. The number of hydrogen-bond acceptors (Lipinski definition) is 3. The highest BCUT2D eigenvalue weighted by molar-refractivity contribution is 6.03. The molecule has 1 aromatic carbocycles. The van der Waals surface area contributed by atoms with E-state index < -0.39 is 0 Å². The third kappa shape index (κ3) is 3.06. The monoisotopic (exact) mass is 305 g/mol. The predicted molar refractivity (Wildman–Crippen MR) is 86.7 cm³/mol. The topological polar surface area (TPSA) is 62.3 Å². The highest BCUT2D eigenvalue weighted by Gasteiger charge is 2.28. The molecule has 0 unspecified atom stereocenters. The fourth-order valence-corrected chi connectivity index (χ4v) is 2.58. The van der Waals surface area contributed by atoms with E-state index in [1.165, 1.54) is 0 Å². The molecule has 0 aliphatic carbocycles. The van der Waals surface area contributed by atoms with Crippen LogP contribution in [-0.4, -0.2) is 23.3 Å². The van der Waals surface area contributed by atoms with Gasteiger partial charge in [-0.05, 0) is 35.4 Å². The summed E-state index contributed by atoms with van der Waals surface area (Å²) in [5.74, 6) is 2.15. The number of fused-ring (bicyclic) bond motifs is 1. The molecule has 1 aliphatic rings. The highest BCUT2D eigenvalue weighted by Crippen LogP contribution is 2.31. The summed E-state index contributed by atoms with van der Waals surface area (Å²) in [6.07, 6.45) is 8.89. The number of carbonyl (C=O) groups is 2. The first-order valence-corrected chi connectivity index (χ1v) is 7.23. The molecule has 114 valence electrons. The van der Waals surface area contributed by atoms with Crippen molar-refractivity contribution >= 4 is 17.5 Å². The first kappa shape index (κ1) is 14.8. The summed E-state index contributed by atoms with van der Waals surface area (Å²) in [5.41, 5.74) is 3.19. The maximum atomic E-state index is 12.3. The van der Waals surface area contributed by atoms with Crippen molar-refractivity contribution in [2.75, 3.05) is 11.4 Å². The molecule has 2 amide bonds. The summed E-state index contributed by atoms with van der Waals surface area (Å²) in [6.45, 7) is 0.638. The van der Waals surface area contributed by atoms with Gasteiger partial charge in [-0.2, -0.15) is 0 Å². The number of pyridine rings is 1. The Kier molecular flexibility index (Phi) is 4.07. The fraction of sp³-hybridized carbons (Fsp3) is 0.167. The zero-order valence-electron chi connectivity index (χ0n) is 12.5. The molecule has 1 aliphatic heterocycles. The molecule has 2 aromatic rings. The van der Waals surface area contributed by atoms with E-state index in [0.717, 1.165) is 16.8 Å². The first-order chi connectivity index (χ1) is 11.2. The number of rotatable bonds is 4. The molecular formula is C18H15N3O2. The normalized spacial score (nSPS) is 12.7. The van der Waals surface area contributed by atoms with Crippen LogP contribution in [0.5, 0.6) is 0 Å². The Morgan fingerprint density at radius 1 is 1.30 bits per heavy atom. The predicted octanol–water partition coefficient (Wildman–Crippen LogP) is 1.53. The zero-order chi connectivity index (χ0) is 16.2. The van der Waals surface area contributed by atoms with Gasteiger partial charge in [0.15, 0.2) is 0 Å². The van der Waals surface area contributed by atoms with Crippen LogP contribution in [0.3, 0.4) is 0 Å². The van der Waals surface area contributed by atoms with Gasteiger partial charge in [0.2, 0.25) is 5.91 Å². The Balaban J connectivity index is 1.87. The second-order valence-electron chi connectivity index (χ2n) is 5.24. The summed E-state index contributed by atoms with van der Waals surface area (Å²) < 4.78 is 0.